The number of hydrogen-bond acceptors (Lipinski definition) is 8. The van der Waals surface area contributed by atoms with Gasteiger partial charge in [-0.25, -0.2) is 4.68 Å². The Morgan fingerprint density at radius 2 is 1.76 bits per heavy atom. The number of nitrogens with zero attached hydrogens (tertiary/aromatic N) is 4. The summed E-state index contributed by atoms with van der Waals surface area (Å²) in [6.07, 6.45) is -9.99. The number of nitrogens with one attached hydrogen (secondary N) is 3. The highest BCUT2D eigenvalue weighted by atomic mass is 19.4. The van der Waals surface area contributed by atoms with Crippen LogP contribution in [0.15, 0.2) is 0 Å². The van der Waals surface area contributed by atoms with Gasteiger partial charge in [-0.05, 0) is 36.0 Å². The van der Waals surface area contributed by atoms with Crippen molar-refractivity contribution in [2.24, 2.45) is 36.1 Å². The number of amides is 4. The molecule has 3 N–H and O–H groups in total. The minimum Gasteiger partial charge on any atom is -0.456 e. The first-order valence-corrected chi connectivity index (χ1v) is 14.5. The normalized spacial score (nSPS) is 25.0. The predicted octanol–water partition coefficient (Wildman–Crippen LogP) is 0.979. The highest BCUT2D eigenvalue weighted by molar-refractivity contribution is 5.97. The molecule has 13 nitrogen and oxygen atoms in total. The zero-order valence-corrected chi connectivity index (χ0v) is 25.6. The minimum absolute atomic E-state index is 0.0140. The van der Waals surface area contributed by atoms with Crippen molar-refractivity contribution in [1.82, 2.24) is 35.6 Å². The Bertz CT molecular complexity index is 1390. The fourth-order valence-corrected chi connectivity index (χ4v) is 6.26. The van der Waals surface area contributed by atoms with Crippen LogP contribution in [-0.2, 0) is 37.2 Å². The average Bonchev–Trinajstić information content (AvgIpc) is 3.42. The van der Waals surface area contributed by atoms with Gasteiger partial charge in [-0.2, -0.15) is 31.3 Å². The lowest BCUT2D eigenvalue weighted by Crippen LogP contribution is -2.59. The van der Waals surface area contributed by atoms with Crippen LogP contribution in [0.3, 0.4) is 0 Å². The van der Waals surface area contributed by atoms with E-state index in [1.165, 1.54) is 13.8 Å². The number of rotatable bonds is 11. The van der Waals surface area contributed by atoms with Gasteiger partial charge in [0.2, 0.25) is 17.7 Å². The van der Waals surface area contributed by atoms with Crippen molar-refractivity contribution in [3.8, 4) is 6.01 Å². The predicted molar refractivity (Wildman–Crippen MR) is 143 cm³/mol. The second kappa shape index (κ2) is 12.4. The van der Waals surface area contributed by atoms with Gasteiger partial charge in [-0.15, -0.1) is 5.10 Å². The van der Waals surface area contributed by atoms with Crippen molar-refractivity contribution >= 4 is 29.4 Å². The molecule has 256 valence electrons. The molecule has 4 amide bonds. The third-order valence-electron chi connectivity index (χ3n) is 8.95. The molecule has 0 bridgehead atoms. The number of Topliss-reactive ketones (excluding diaryl/α,β-unsaturated/α-hetero) is 1. The molecule has 1 aliphatic carbocycles. The van der Waals surface area contributed by atoms with Crippen molar-refractivity contribution in [2.75, 3.05) is 19.7 Å². The first-order valence-electron chi connectivity index (χ1n) is 14.5. The zero-order valence-electron chi connectivity index (χ0n) is 25.6. The van der Waals surface area contributed by atoms with E-state index in [9.17, 15) is 50.3 Å². The van der Waals surface area contributed by atoms with E-state index in [2.05, 4.69) is 20.7 Å². The molecule has 19 heteroatoms. The summed E-state index contributed by atoms with van der Waals surface area (Å²) in [4.78, 5) is 69.1. The molecule has 3 heterocycles. The van der Waals surface area contributed by atoms with Gasteiger partial charge in [0, 0.05) is 26.1 Å². The highest BCUT2D eigenvalue weighted by Crippen LogP contribution is 2.65. The van der Waals surface area contributed by atoms with Crippen molar-refractivity contribution < 1.29 is 55.1 Å². The van der Waals surface area contributed by atoms with Crippen LogP contribution in [0.4, 0.5) is 26.3 Å². The standard InChI is InChI=1S/C27H35F6N7O6/c1-11(2)17(36-23(45)27(31,32)33)21(44)40-9-13-16(25(13,3)4)18(40)20(43)35-14(8-12-6-7-34-19(12)42)15(41)10-46-24-37-22(26(28,29)30)38-39(24)5/h11-14,16-18H,6-10H2,1-5H3,(H,34,42)(H,35,43)(H,36,45)/t12-,13-,14-,16-,17-,18-/m0/s1. The number of aromatic nitrogens is 3. The van der Waals surface area contributed by atoms with Gasteiger partial charge in [0.15, 0.2) is 12.4 Å². The number of aryl methyl sites for hydroxylation is 1. The topological polar surface area (TPSA) is 165 Å². The molecule has 0 unspecified atom stereocenters. The Labute approximate surface area is 259 Å². The van der Waals surface area contributed by atoms with Crippen LogP contribution in [0.5, 0.6) is 6.01 Å². The van der Waals surface area contributed by atoms with Gasteiger partial charge >= 0.3 is 24.3 Å². The van der Waals surface area contributed by atoms with Crippen LogP contribution < -0.4 is 20.7 Å². The fourth-order valence-electron chi connectivity index (χ4n) is 6.26. The Hall–Kier alpha value is -3.93. The average molecular weight is 668 g/mol. The van der Waals surface area contributed by atoms with Crippen LogP contribution >= 0.6 is 0 Å². The summed E-state index contributed by atoms with van der Waals surface area (Å²) in [7, 11) is 1.12. The third-order valence-corrected chi connectivity index (χ3v) is 8.95. The molecule has 46 heavy (non-hydrogen) atoms. The summed E-state index contributed by atoms with van der Waals surface area (Å²) in [6, 6.07) is -4.84. The van der Waals surface area contributed by atoms with Crippen LogP contribution in [0, 0.1) is 29.1 Å². The quantitative estimate of drug-likeness (QED) is 0.294. The first kappa shape index (κ1) is 34.9. The van der Waals surface area contributed by atoms with E-state index in [4.69, 9.17) is 4.74 Å². The maximum atomic E-state index is 13.9. The van der Waals surface area contributed by atoms with E-state index in [0.717, 1.165) is 11.9 Å². The fraction of sp³-hybridized carbons (Fsp3) is 0.741. The first-order chi connectivity index (χ1) is 21.1. The van der Waals surface area contributed by atoms with Gasteiger partial charge in [0.1, 0.15) is 12.1 Å². The molecule has 0 aromatic carbocycles. The van der Waals surface area contributed by atoms with Crippen molar-refractivity contribution in [3.05, 3.63) is 5.82 Å². The molecule has 1 aromatic rings. The van der Waals surface area contributed by atoms with Crippen LogP contribution in [0.2, 0.25) is 0 Å². The lowest BCUT2D eigenvalue weighted by Gasteiger charge is -2.35. The van der Waals surface area contributed by atoms with E-state index in [1.54, 1.807) is 5.32 Å². The Morgan fingerprint density at radius 3 is 2.28 bits per heavy atom. The van der Waals surface area contributed by atoms with Crippen molar-refractivity contribution in [3.63, 3.8) is 0 Å². The van der Waals surface area contributed by atoms with Crippen molar-refractivity contribution in [2.45, 2.75) is 71.0 Å². The molecule has 1 saturated carbocycles. The number of carbonyl (C=O) groups excluding carboxylic acids is 5. The molecule has 1 aromatic heterocycles. The second-order valence-electron chi connectivity index (χ2n) is 12.7. The van der Waals surface area contributed by atoms with Crippen LogP contribution in [0.25, 0.3) is 0 Å². The molecule has 3 aliphatic rings. The van der Waals surface area contributed by atoms with E-state index in [0.29, 0.717) is 17.6 Å². The number of alkyl halides is 6. The lowest BCUT2D eigenvalue weighted by molar-refractivity contribution is -0.175. The summed E-state index contributed by atoms with van der Waals surface area (Å²) in [6.45, 7) is 6.05. The molecule has 4 rings (SSSR count). The summed E-state index contributed by atoms with van der Waals surface area (Å²) in [5, 5.41) is 10.1. The smallest absolute Gasteiger partial charge is 0.456 e. The number of piperidine rings is 1. The van der Waals surface area contributed by atoms with Gasteiger partial charge in [-0.1, -0.05) is 27.7 Å². The Morgan fingerprint density at radius 1 is 1.11 bits per heavy atom. The SMILES string of the molecule is CC(C)[C@H](NC(=O)C(F)(F)F)C(=O)N1C[C@H]2[C@@H]([C@H]1C(=O)N[C@@H](C[C@@H]1CCNC1=O)C(=O)COc1nc(C(F)(F)F)nn1C)C2(C)C. The third kappa shape index (κ3) is 7.06. The van der Waals surface area contributed by atoms with Crippen LogP contribution in [-0.4, -0.2) is 93.1 Å². The number of ether oxygens (including phenoxy) is 1. The molecular formula is C27H35F6N7O6. The summed E-state index contributed by atoms with van der Waals surface area (Å²) in [5.41, 5.74) is -0.434. The van der Waals surface area contributed by atoms with Gasteiger partial charge < -0.3 is 25.6 Å². The molecule has 2 saturated heterocycles. The Kier molecular flexibility index (Phi) is 9.38. The number of halogens is 6. The van der Waals surface area contributed by atoms with Crippen LogP contribution in [0.1, 0.15) is 46.4 Å². The van der Waals surface area contributed by atoms with E-state index >= 15 is 0 Å². The molecule has 0 radical (unpaired) electrons. The van der Waals surface area contributed by atoms with E-state index < -0.39 is 95.6 Å². The maximum absolute atomic E-state index is 13.9. The number of ketones is 1. The largest absolute Gasteiger partial charge is 0.471 e. The second-order valence-corrected chi connectivity index (χ2v) is 12.7. The van der Waals surface area contributed by atoms with E-state index in [1.807, 2.05) is 13.8 Å². The number of likely N-dealkylation sites (tertiary alicyclic amines) is 1. The van der Waals surface area contributed by atoms with Crippen molar-refractivity contribution in [1.29, 1.82) is 0 Å². The number of carbonyl (C=O) groups is 5. The maximum Gasteiger partial charge on any atom is 0.471 e. The molecule has 2 aliphatic heterocycles. The summed E-state index contributed by atoms with van der Waals surface area (Å²) < 4.78 is 83.9. The zero-order chi connectivity index (χ0) is 34.5. The Balaban J connectivity index is 1.55. The minimum atomic E-state index is -5.25. The van der Waals surface area contributed by atoms with Gasteiger partial charge in [0.05, 0.1) is 6.04 Å². The lowest BCUT2D eigenvalue weighted by atomic mass is 9.94. The molecule has 6 atom stereocenters. The monoisotopic (exact) mass is 667 g/mol. The van der Waals surface area contributed by atoms with Gasteiger partial charge in [0.25, 0.3) is 5.82 Å². The molecule has 0 spiro atoms. The number of fused-ring (bicyclic) bond motifs is 1. The molecule has 3 fully saturated rings. The van der Waals surface area contributed by atoms with Gasteiger partial charge in [-0.3, -0.25) is 24.0 Å². The van der Waals surface area contributed by atoms with E-state index in [-0.39, 0.29) is 24.8 Å². The number of hydrogen-bond donors (Lipinski definition) is 3. The molecular weight excluding hydrogens is 632 g/mol. The summed E-state index contributed by atoms with van der Waals surface area (Å²) in [5.74, 6) is -8.82. The highest BCUT2D eigenvalue weighted by Gasteiger charge is 2.69. The summed E-state index contributed by atoms with van der Waals surface area (Å²) >= 11 is 0.